The van der Waals surface area contributed by atoms with Crippen molar-refractivity contribution in [3.05, 3.63) is 74.2 Å². The quantitative estimate of drug-likeness (QED) is 0.288. The number of likely N-dealkylation sites (tertiary alicyclic amines) is 1. The number of thiazole rings is 1. The van der Waals surface area contributed by atoms with Gasteiger partial charge in [0.25, 0.3) is 0 Å². The summed E-state index contributed by atoms with van der Waals surface area (Å²) in [4.78, 5) is 70.1. The Labute approximate surface area is 256 Å². The van der Waals surface area contributed by atoms with Crippen molar-refractivity contribution in [2.45, 2.75) is 48.9 Å². The Bertz CT molecular complexity index is 1620. The lowest BCUT2D eigenvalue weighted by molar-refractivity contribution is -0.133. The van der Waals surface area contributed by atoms with Crippen LogP contribution >= 0.6 is 23.1 Å². The summed E-state index contributed by atoms with van der Waals surface area (Å²) in [6, 6.07) is 13.5. The molecule has 0 aliphatic carbocycles. The summed E-state index contributed by atoms with van der Waals surface area (Å²) in [5.74, 6) is -2.10. The first-order valence-corrected chi connectivity index (χ1v) is 16.0. The standard InChI is InChI=1S/C31H31N3O7S2/c1-3-41-30(38)19-7-11-20(12-8-19)34-27(36)24-23(18-9-13-21(40-2)14-10-18)26-29(42-25(24)28(34)37)33(31(39)43-26)17-22(35)32-15-5-4-6-16-32/h7-14,23-25H,3-6,15-17H2,1-2H3/t23-,24?,25?/m0/s1. The van der Waals surface area contributed by atoms with E-state index in [2.05, 4.69) is 0 Å². The second kappa shape index (κ2) is 12.0. The van der Waals surface area contributed by atoms with Crippen LogP contribution in [-0.2, 0) is 25.7 Å². The van der Waals surface area contributed by atoms with Crippen molar-refractivity contribution < 1.29 is 28.7 Å². The third-order valence-electron chi connectivity index (χ3n) is 8.16. The average Bonchev–Trinajstić information content (AvgIpc) is 3.47. The molecule has 2 aromatic carbocycles. The van der Waals surface area contributed by atoms with E-state index in [4.69, 9.17) is 9.47 Å². The van der Waals surface area contributed by atoms with Crippen molar-refractivity contribution in [1.82, 2.24) is 9.47 Å². The molecule has 2 saturated heterocycles. The number of thioether (sulfide) groups is 1. The van der Waals surface area contributed by atoms with Crippen LogP contribution in [0, 0.1) is 5.92 Å². The van der Waals surface area contributed by atoms with Crippen LogP contribution < -0.4 is 14.5 Å². The Hall–Kier alpha value is -3.90. The molecule has 1 aromatic heterocycles. The topological polar surface area (TPSA) is 115 Å². The SMILES string of the molecule is CCOC(=O)c1ccc(N2C(=O)C3Sc4c(sc(=O)n4CC(=O)N4CCCCC4)[C@@H](c4ccc(OC)cc4)C3C2=O)cc1. The molecule has 43 heavy (non-hydrogen) atoms. The predicted molar refractivity (Wildman–Crippen MR) is 162 cm³/mol. The van der Waals surface area contributed by atoms with Crippen LogP contribution in [0.5, 0.6) is 5.75 Å². The van der Waals surface area contributed by atoms with Crippen LogP contribution in [0.4, 0.5) is 5.69 Å². The highest BCUT2D eigenvalue weighted by molar-refractivity contribution is 8.00. The van der Waals surface area contributed by atoms with Crippen molar-refractivity contribution in [2.24, 2.45) is 5.92 Å². The van der Waals surface area contributed by atoms with Gasteiger partial charge in [-0.3, -0.25) is 23.7 Å². The molecule has 3 aliphatic heterocycles. The second-order valence-corrected chi connectivity index (χ2v) is 12.8. The number of hydrogen-bond donors (Lipinski definition) is 0. The van der Waals surface area contributed by atoms with Gasteiger partial charge in [0.15, 0.2) is 0 Å². The molecule has 224 valence electrons. The van der Waals surface area contributed by atoms with Gasteiger partial charge in [0, 0.05) is 23.9 Å². The van der Waals surface area contributed by atoms with Crippen LogP contribution in [0.15, 0.2) is 58.4 Å². The van der Waals surface area contributed by atoms with Crippen LogP contribution in [0.3, 0.4) is 0 Å². The van der Waals surface area contributed by atoms with Crippen LogP contribution in [0.2, 0.25) is 0 Å². The van der Waals surface area contributed by atoms with E-state index in [1.54, 1.807) is 43.2 Å². The van der Waals surface area contributed by atoms with Gasteiger partial charge in [-0.2, -0.15) is 0 Å². The molecule has 10 nitrogen and oxygen atoms in total. The minimum Gasteiger partial charge on any atom is -0.497 e. The first-order chi connectivity index (χ1) is 20.8. The van der Waals surface area contributed by atoms with Gasteiger partial charge in [0.2, 0.25) is 17.7 Å². The average molecular weight is 622 g/mol. The molecule has 0 radical (unpaired) electrons. The lowest BCUT2D eigenvalue weighted by atomic mass is 9.83. The van der Waals surface area contributed by atoms with Crippen LogP contribution in [0.1, 0.15) is 52.9 Å². The van der Waals surface area contributed by atoms with Gasteiger partial charge in [-0.1, -0.05) is 35.2 Å². The maximum atomic E-state index is 14.1. The number of carbonyl (C=O) groups is 4. The number of imide groups is 1. The molecule has 3 aliphatic rings. The largest absolute Gasteiger partial charge is 0.497 e. The zero-order valence-electron chi connectivity index (χ0n) is 23.8. The highest BCUT2D eigenvalue weighted by Gasteiger charge is 2.56. The van der Waals surface area contributed by atoms with Crippen LogP contribution in [0.25, 0.3) is 0 Å². The van der Waals surface area contributed by atoms with E-state index in [1.165, 1.54) is 33.4 Å². The number of nitrogens with zero attached hydrogens (tertiary/aromatic N) is 3. The number of methoxy groups -OCH3 is 1. The Morgan fingerprint density at radius 1 is 0.930 bits per heavy atom. The minimum absolute atomic E-state index is 0.106. The van der Waals surface area contributed by atoms with Gasteiger partial charge in [-0.15, -0.1) is 0 Å². The Kier molecular flexibility index (Phi) is 8.15. The molecular formula is C31H31N3O7S2. The second-order valence-electron chi connectivity index (χ2n) is 10.7. The molecular weight excluding hydrogens is 590 g/mol. The van der Waals surface area contributed by atoms with Gasteiger partial charge in [-0.05, 0) is 68.1 Å². The van der Waals surface area contributed by atoms with E-state index in [-0.39, 0.29) is 29.8 Å². The Balaban J connectivity index is 1.39. The summed E-state index contributed by atoms with van der Waals surface area (Å²) in [7, 11) is 1.57. The summed E-state index contributed by atoms with van der Waals surface area (Å²) in [6.45, 7) is 3.18. The first kappa shape index (κ1) is 29.2. The molecule has 6 rings (SSSR count). The van der Waals surface area contributed by atoms with Gasteiger partial charge in [0.1, 0.15) is 17.5 Å². The highest BCUT2D eigenvalue weighted by atomic mass is 32.2. The lowest BCUT2D eigenvalue weighted by Crippen LogP contribution is -2.39. The van der Waals surface area contributed by atoms with Crippen molar-refractivity contribution in [2.75, 3.05) is 31.7 Å². The van der Waals surface area contributed by atoms with Crippen LogP contribution in [-0.4, -0.2) is 65.2 Å². The number of carbonyl (C=O) groups excluding carboxylic acids is 4. The monoisotopic (exact) mass is 621 g/mol. The molecule has 2 unspecified atom stereocenters. The molecule has 0 bridgehead atoms. The van der Waals surface area contributed by atoms with E-state index < -0.39 is 29.0 Å². The summed E-state index contributed by atoms with van der Waals surface area (Å²) < 4.78 is 11.9. The van der Waals surface area contributed by atoms with E-state index >= 15 is 0 Å². The summed E-state index contributed by atoms with van der Waals surface area (Å²) in [6.07, 6.45) is 2.96. The molecule has 12 heteroatoms. The van der Waals surface area contributed by atoms with E-state index in [1.807, 2.05) is 12.1 Å². The van der Waals surface area contributed by atoms with Gasteiger partial charge in [-0.25, -0.2) is 9.69 Å². The molecule has 0 spiro atoms. The van der Waals surface area contributed by atoms with Crippen molar-refractivity contribution in [1.29, 1.82) is 0 Å². The van der Waals surface area contributed by atoms with E-state index in [9.17, 15) is 24.0 Å². The predicted octanol–water partition coefficient (Wildman–Crippen LogP) is 3.90. The van der Waals surface area contributed by atoms with E-state index in [0.717, 1.165) is 36.2 Å². The Morgan fingerprint density at radius 2 is 1.63 bits per heavy atom. The Morgan fingerprint density at radius 3 is 2.28 bits per heavy atom. The minimum atomic E-state index is -0.804. The zero-order chi connectivity index (χ0) is 30.2. The zero-order valence-corrected chi connectivity index (χ0v) is 25.4. The van der Waals surface area contributed by atoms with E-state index in [0.29, 0.717) is 40.0 Å². The molecule has 3 aromatic rings. The fraction of sp³-hybridized carbons (Fsp3) is 0.387. The number of rotatable bonds is 7. The first-order valence-electron chi connectivity index (χ1n) is 14.3. The fourth-order valence-corrected chi connectivity index (χ4v) is 8.79. The smallest absolute Gasteiger partial charge is 0.338 e. The summed E-state index contributed by atoms with van der Waals surface area (Å²) in [5, 5.41) is -0.245. The number of benzene rings is 2. The number of ether oxygens (including phenoxy) is 2. The molecule has 2 fully saturated rings. The maximum absolute atomic E-state index is 14.1. The lowest BCUT2D eigenvalue weighted by Gasteiger charge is -2.31. The number of piperidine rings is 1. The van der Waals surface area contributed by atoms with Crippen molar-refractivity contribution >= 4 is 52.5 Å². The van der Waals surface area contributed by atoms with Crippen molar-refractivity contribution in [3.8, 4) is 5.75 Å². The normalized spacial score (nSPS) is 21.4. The van der Waals surface area contributed by atoms with Gasteiger partial charge < -0.3 is 14.4 Å². The number of anilines is 1. The summed E-state index contributed by atoms with van der Waals surface area (Å²) >= 11 is 2.21. The molecule has 0 saturated carbocycles. The third-order valence-corrected chi connectivity index (χ3v) is 10.8. The van der Waals surface area contributed by atoms with Gasteiger partial charge in [0.05, 0.1) is 35.9 Å². The molecule has 0 N–H and O–H groups in total. The fourth-order valence-electron chi connectivity index (χ4n) is 6.02. The number of hydrogen-bond acceptors (Lipinski definition) is 9. The number of amides is 3. The highest BCUT2D eigenvalue weighted by Crippen LogP contribution is 2.54. The number of aromatic nitrogens is 1. The molecule has 4 heterocycles. The maximum Gasteiger partial charge on any atom is 0.338 e. The molecule has 3 amide bonds. The number of fused-ring (bicyclic) bond motifs is 2. The number of esters is 1. The molecule has 3 atom stereocenters. The van der Waals surface area contributed by atoms with Gasteiger partial charge >= 0.3 is 10.8 Å². The van der Waals surface area contributed by atoms with Crippen molar-refractivity contribution in [3.63, 3.8) is 0 Å². The third kappa shape index (κ3) is 5.27. The summed E-state index contributed by atoms with van der Waals surface area (Å²) in [5.41, 5.74) is 1.44.